The Morgan fingerprint density at radius 2 is 0.978 bits per heavy atom. The predicted octanol–water partition coefficient (Wildman–Crippen LogP) is 11.8. The first-order valence-corrected chi connectivity index (χ1v) is 15.4. The third kappa shape index (κ3) is 5.26. The molecule has 212 valence electrons. The third-order valence-electron chi connectivity index (χ3n) is 8.32. The van der Waals surface area contributed by atoms with E-state index in [9.17, 15) is 0 Å². The van der Waals surface area contributed by atoms with E-state index in [1.807, 2.05) is 36.4 Å². The van der Waals surface area contributed by atoms with E-state index in [4.69, 9.17) is 21.6 Å². The highest BCUT2D eigenvalue weighted by atomic mass is 35.5. The van der Waals surface area contributed by atoms with Gasteiger partial charge in [-0.1, -0.05) is 139 Å². The molecule has 7 aromatic carbocycles. The highest BCUT2D eigenvalue weighted by Gasteiger charge is 2.15. The maximum atomic E-state index is 6.74. The zero-order chi connectivity index (χ0) is 30.2. The fraction of sp³-hybridized carbons (Fsp3) is 0. The van der Waals surface area contributed by atoms with Crippen LogP contribution in [0, 0.1) is 0 Å². The van der Waals surface area contributed by atoms with Gasteiger partial charge < -0.3 is 0 Å². The van der Waals surface area contributed by atoms with Crippen molar-refractivity contribution in [2.45, 2.75) is 0 Å². The van der Waals surface area contributed by atoms with Gasteiger partial charge in [0, 0.05) is 27.3 Å². The molecule has 0 N–H and O–H groups in total. The van der Waals surface area contributed by atoms with Crippen molar-refractivity contribution in [1.82, 2.24) is 9.97 Å². The minimum Gasteiger partial charge on any atom is -0.228 e. The number of nitrogens with zero attached hydrogens (tertiary/aromatic N) is 2. The Balaban J connectivity index is 1.31. The average molecular weight is 595 g/mol. The lowest BCUT2D eigenvalue weighted by Crippen LogP contribution is -1.97. The zero-order valence-electron chi connectivity index (χ0n) is 24.4. The molecule has 0 saturated heterocycles. The van der Waals surface area contributed by atoms with Gasteiger partial charge >= 0.3 is 0 Å². The first-order chi connectivity index (χ1) is 22.2. The molecular weight excluding hydrogens is 568 g/mol. The number of fused-ring (bicyclic) bond motifs is 2. The van der Waals surface area contributed by atoms with Crippen LogP contribution in [-0.2, 0) is 0 Å². The van der Waals surface area contributed by atoms with Crippen molar-refractivity contribution < 1.29 is 0 Å². The van der Waals surface area contributed by atoms with E-state index in [-0.39, 0.29) is 0 Å². The van der Waals surface area contributed by atoms with Gasteiger partial charge in [0.25, 0.3) is 0 Å². The fourth-order valence-corrected chi connectivity index (χ4v) is 6.29. The average Bonchev–Trinajstić information content (AvgIpc) is 3.11. The Morgan fingerprint density at radius 1 is 0.356 bits per heavy atom. The van der Waals surface area contributed by atoms with Gasteiger partial charge in [0.1, 0.15) is 0 Å². The highest BCUT2D eigenvalue weighted by molar-refractivity contribution is 6.33. The molecule has 0 atom stereocenters. The van der Waals surface area contributed by atoms with Crippen LogP contribution in [0.3, 0.4) is 0 Å². The summed E-state index contributed by atoms with van der Waals surface area (Å²) in [5.74, 6) is 0.682. The summed E-state index contributed by atoms with van der Waals surface area (Å²) < 4.78 is 0. The normalized spacial score (nSPS) is 11.2. The van der Waals surface area contributed by atoms with E-state index in [1.165, 1.54) is 10.8 Å². The van der Waals surface area contributed by atoms with Gasteiger partial charge in [-0.25, -0.2) is 9.97 Å². The lowest BCUT2D eigenvalue weighted by molar-refractivity contribution is 1.18. The summed E-state index contributed by atoms with van der Waals surface area (Å²) in [6.45, 7) is 0. The van der Waals surface area contributed by atoms with E-state index < -0.39 is 0 Å². The smallest absolute Gasteiger partial charge is 0.160 e. The predicted molar refractivity (Wildman–Crippen MR) is 189 cm³/mol. The molecule has 45 heavy (non-hydrogen) atoms. The van der Waals surface area contributed by atoms with Gasteiger partial charge in [-0.15, -0.1) is 0 Å². The lowest BCUT2D eigenvalue weighted by atomic mass is 9.94. The summed E-state index contributed by atoms with van der Waals surface area (Å²) in [6.07, 6.45) is 0. The molecule has 2 nitrogen and oxygen atoms in total. The van der Waals surface area contributed by atoms with Crippen LogP contribution in [0.2, 0.25) is 5.02 Å². The van der Waals surface area contributed by atoms with Crippen molar-refractivity contribution in [2.24, 2.45) is 0 Å². The molecule has 0 aliphatic heterocycles. The van der Waals surface area contributed by atoms with E-state index in [1.54, 1.807) is 0 Å². The topological polar surface area (TPSA) is 25.8 Å². The highest BCUT2D eigenvalue weighted by Crippen LogP contribution is 2.38. The number of rotatable bonds is 5. The Labute approximate surface area is 267 Å². The summed E-state index contributed by atoms with van der Waals surface area (Å²) in [7, 11) is 0. The van der Waals surface area contributed by atoms with E-state index in [0.29, 0.717) is 5.82 Å². The first-order valence-electron chi connectivity index (χ1n) is 15.0. The summed E-state index contributed by atoms with van der Waals surface area (Å²) >= 11 is 6.74. The molecule has 0 amide bonds. The van der Waals surface area contributed by atoms with E-state index >= 15 is 0 Å². The summed E-state index contributed by atoms with van der Waals surface area (Å²) in [6, 6.07) is 56.8. The lowest BCUT2D eigenvalue weighted by Gasteiger charge is -2.14. The minimum atomic E-state index is 0.682. The standard InChI is InChI=1S/C42H27ClN2/c43-39-20-9-8-19-37(39)38-26-35(25-33-15-6-7-18-36(33)38)41-27-40(29-12-2-1-3-13-29)44-42(45-41)34-17-10-16-31(24-34)32-22-21-28-11-4-5-14-30(28)23-32/h1-27H. The van der Waals surface area contributed by atoms with Crippen molar-refractivity contribution in [2.75, 3.05) is 0 Å². The molecule has 0 spiro atoms. The molecule has 0 unspecified atom stereocenters. The van der Waals surface area contributed by atoms with Crippen LogP contribution < -0.4 is 0 Å². The largest absolute Gasteiger partial charge is 0.228 e. The second-order valence-electron chi connectivity index (χ2n) is 11.2. The van der Waals surface area contributed by atoms with Crippen LogP contribution in [0.1, 0.15) is 0 Å². The molecule has 0 aliphatic carbocycles. The Kier molecular flexibility index (Phi) is 6.90. The molecule has 1 heterocycles. The summed E-state index contributed by atoms with van der Waals surface area (Å²) in [5, 5.41) is 5.45. The SMILES string of the molecule is Clc1ccccc1-c1cc(-c2cc(-c3ccccc3)nc(-c3cccc(-c4ccc5ccccc5c4)c3)n2)cc2ccccc12. The quantitative estimate of drug-likeness (QED) is 0.198. The van der Waals surface area contributed by atoms with Gasteiger partial charge in [-0.05, 0) is 74.6 Å². The van der Waals surface area contributed by atoms with Crippen LogP contribution in [0.15, 0.2) is 164 Å². The maximum absolute atomic E-state index is 6.74. The van der Waals surface area contributed by atoms with Gasteiger partial charge in [0.2, 0.25) is 0 Å². The molecule has 0 saturated carbocycles. The van der Waals surface area contributed by atoms with Gasteiger partial charge in [0.15, 0.2) is 5.82 Å². The van der Waals surface area contributed by atoms with Gasteiger partial charge in [0.05, 0.1) is 11.4 Å². The molecule has 0 fully saturated rings. The van der Waals surface area contributed by atoms with Crippen LogP contribution >= 0.6 is 11.6 Å². The molecule has 8 aromatic rings. The Bertz CT molecular complexity index is 2340. The van der Waals surface area contributed by atoms with Crippen molar-refractivity contribution in [3.05, 3.63) is 169 Å². The summed E-state index contributed by atoms with van der Waals surface area (Å²) in [4.78, 5) is 10.3. The van der Waals surface area contributed by atoms with Crippen molar-refractivity contribution in [1.29, 1.82) is 0 Å². The molecule has 1 aromatic heterocycles. The monoisotopic (exact) mass is 594 g/mol. The maximum Gasteiger partial charge on any atom is 0.160 e. The van der Waals surface area contributed by atoms with Gasteiger partial charge in [-0.3, -0.25) is 0 Å². The number of hydrogen-bond donors (Lipinski definition) is 0. The zero-order valence-corrected chi connectivity index (χ0v) is 25.1. The molecule has 8 rings (SSSR count). The number of halogens is 1. The Morgan fingerprint density at radius 3 is 1.82 bits per heavy atom. The minimum absolute atomic E-state index is 0.682. The second-order valence-corrected chi connectivity index (χ2v) is 11.6. The molecule has 0 radical (unpaired) electrons. The summed E-state index contributed by atoms with van der Waals surface area (Å²) in [5.41, 5.74) is 9.11. The Hall–Kier alpha value is -5.57. The molecular formula is C42H27ClN2. The van der Waals surface area contributed by atoms with Crippen LogP contribution in [-0.4, -0.2) is 9.97 Å². The number of aromatic nitrogens is 2. The van der Waals surface area contributed by atoms with Crippen LogP contribution in [0.4, 0.5) is 0 Å². The fourth-order valence-electron chi connectivity index (χ4n) is 6.05. The molecule has 0 bridgehead atoms. The van der Waals surface area contributed by atoms with E-state index in [0.717, 1.165) is 66.1 Å². The molecule has 3 heteroatoms. The van der Waals surface area contributed by atoms with Crippen molar-refractivity contribution in [3.8, 4) is 56.2 Å². The van der Waals surface area contributed by atoms with Gasteiger partial charge in [-0.2, -0.15) is 0 Å². The van der Waals surface area contributed by atoms with Crippen LogP contribution in [0.5, 0.6) is 0 Å². The number of benzene rings is 7. The van der Waals surface area contributed by atoms with Crippen molar-refractivity contribution in [3.63, 3.8) is 0 Å². The first kappa shape index (κ1) is 27.0. The van der Waals surface area contributed by atoms with E-state index in [2.05, 4.69) is 127 Å². The number of hydrogen-bond acceptors (Lipinski definition) is 2. The van der Waals surface area contributed by atoms with Crippen LogP contribution in [0.25, 0.3) is 77.7 Å². The third-order valence-corrected chi connectivity index (χ3v) is 8.65. The molecule has 0 aliphatic rings. The second kappa shape index (κ2) is 11.5. The van der Waals surface area contributed by atoms with Crippen molar-refractivity contribution >= 4 is 33.1 Å².